The van der Waals surface area contributed by atoms with Crippen molar-refractivity contribution in [2.75, 3.05) is 32.1 Å². The minimum absolute atomic E-state index is 0.00200. The molecule has 416 valence electrons. The number of allylic oxidation sites excluding steroid dienone is 2. The summed E-state index contributed by atoms with van der Waals surface area (Å²) in [4.78, 5) is 33.5. The van der Waals surface area contributed by atoms with Gasteiger partial charge >= 0.3 is 0 Å². The average molecular weight is 1070 g/mol. The highest BCUT2D eigenvalue weighted by Gasteiger charge is 2.56. The lowest BCUT2D eigenvalue weighted by molar-refractivity contribution is -0.142. The summed E-state index contributed by atoms with van der Waals surface area (Å²) in [5, 5.41) is 72.5. The lowest BCUT2D eigenvalue weighted by Crippen LogP contribution is -2.52. The molecule has 9 N–H and O–H groups in total. The first-order valence-electron chi connectivity index (χ1n) is 29.4. The van der Waals surface area contributed by atoms with Gasteiger partial charge in [-0.25, -0.2) is 0 Å². The molecule has 4 aromatic carbocycles. The lowest BCUT2D eigenvalue weighted by Gasteiger charge is -2.50. The van der Waals surface area contributed by atoms with Crippen LogP contribution in [0.2, 0.25) is 0 Å². The number of carbonyl (C=O) groups is 2. The molecule has 12 nitrogen and oxygen atoms in total. The molecule has 11 rings (SSSR count). The minimum Gasteiger partial charge on any atom is -0.507 e. The number of phenols is 2. The fourth-order valence-electron chi connectivity index (χ4n) is 15.5. The third-order valence-corrected chi connectivity index (χ3v) is 19.6. The molecule has 6 aliphatic rings. The van der Waals surface area contributed by atoms with Crippen LogP contribution in [0.3, 0.4) is 0 Å². The van der Waals surface area contributed by atoms with Crippen LogP contribution in [0.15, 0.2) is 109 Å². The van der Waals surface area contributed by atoms with Crippen LogP contribution in [-0.2, 0) is 27.8 Å². The highest BCUT2D eigenvalue weighted by molar-refractivity contribution is 6.06. The van der Waals surface area contributed by atoms with Crippen LogP contribution in [0.4, 0.5) is 5.69 Å². The molecule has 1 spiro atoms. The van der Waals surface area contributed by atoms with E-state index in [0.29, 0.717) is 56.3 Å². The largest absolute Gasteiger partial charge is 0.507 e. The Morgan fingerprint density at radius 1 is 0.835 bits per heavy atom. The zero-order valence-corrected chi connectivity index (χ0v) is 46.1. The van der Waals surface area contributed by atoms with Gasteiger partial charge in [-0.05, 0) is 168 Å². The van der Waals surface area contributed by atoms with Gasteiger partial charge in [0, 0.05) is 72.7 Å². The third-order valence-electron chi connectivity index (χ3n) is 19.6. The molecule has 0 amide bonds. The second-order valence-electron chi connectivity index (χ2n) is 24.2. The number of dihydropyridines is 1. The smallest absolute Gasteiger partial charge is 0.173 e. The van der Waals surface area contributed by atoms with Crippen molar-refractivity contribution in [3.8, 4) is 29.1 Å². The highest BCUT2D eigenvalue weighted by Crippen LogP contribution is 2.58. The van der Waals surface area contributed by atoms with Crippen molar-refractivity contribution in [1.82, 2.24) is 15.6 Å². The summed E-state index contributed by atoms with van der Waals surface area (Å²) in [6.07, 6.45) is 12.7. The quantitative estimate of drug-likeness (QED) is 0.0616. The molecule has 4 aliphatic carbocycles. The van der Waals surface area contributed by atoms with E-state index in [9.17, 15) is 30.3 Å². The van der Waals surface area contributed by atoms with Crippen molar-refractivity contribution in [3.63, 3.8) is 0 Å². The molecule has 11 bridgehead atoms. The maximum Gasteiger partial charge on any atom is 0.173 e. The number of benzene rings is 4. The lowest BCUT2D eigenvalue weighted by atomic mass is 9.57. The molecule has 0 saturated heterocycles. The number of Topliss-reactive ketones (excluding diaryl/α,β-unsaturated/α-hetero) is 2. The summed E-state index contributed by atoms with van der Waals surface area (Å²) in [6.45, 7) is 6.00. The van der Waals surface area contributed by atoms with Crippen molar-refractivity contribution in [3.05, 3.63) is 142 Å². The molecular weight excluding hydrogens is 989 g/mol. The molecule has 0 radical (unpaired) electrons. The number of nitrogens with one attached hydrogen (secondary N) is 4. The predicted octanol–water partition coefficient (Wildman–Crippen LogP) is 10.2. The van der Waals surface area contributed by atoms with Gasteiger partial charge in [-0.1, -0.05) is 99.6 Å². The fourth-order valence-corrected chi connectivity index (χ4v) is 15.5. The minimum atomic E-state index is -1.84. The summed E-state index contributed by atoms with van der Waals surface area (Å²) >= 11 is 0. The number of methoxy groups -OCH3 is 1. The molecule has 3 heterocycles. The number of rotatable bonds is 3. The van der Waals surface area contributed by atoms with Gasteiger partial charge in [0.1, 0.15) is 11.6 Å². The number of ether oxygens (including phenoxy) is 1. The number of aryl methyl sites for hydroxylation is 1. The van der Waals surface area contributed by atoms with E-state index in [1.54, 1.807) is 12.1 Å². The number of hydrogen-bond acceptors (Lipinski definition) is 11. The predicted molar refractivity (Wildman–Crippen MR) is 309 cm³/mol. The van der Waals surface area contributed by atoms with E-state index in [-0.39, 0.29) is 65.6 Å². The number of phenolic OH excluding ortho intramolecular Hbond substituents is 2. The van der Waals surface area contributed by atoms with E-state index in [2.05, 4.69) is 71.0 Å². The number of aromatic amines is 1. The monoisotopic (exact) mass is 1070 g/mol. The van der Waals surface area contributed by atoms with Crippen molar-refractivity contribution in [2.24, 2.45) is 41.4 Å². The van der Waals surface area contributed by atoms with Gasteiger partial charge in [0.25, 0.3) is 0 Å². The first-order valence-corrected chi connectivity index (χ1v) is 29.4. The molecule has 3 fully saturated rings. The van der Waals surface area contributed by atoms with Gasteiger partial charge < -0.3 is 51.2 Å². The maximum absolute atomic E-state index is 15.4. The van der Waals surface area contributed by atoms with Gasteiger partial charge in [-0.2, -0.15) is 0 Å². The summed E-state index contributed by atoms with van der Waals surface area (Å²) < 4.78 is 5.56. The van der Waals surface area contributed by atoms with Crippen LogP contribution in [0, 0.1) is 53.3 Å². The number of fused-ring (bicyclic) bond motifs is 11. The van der Waals surface area contributed by atoms with E-state index in [1.165, 1.54) is 7.11 Å². The van der Waals surface area contributed by atoms with Crippen LogP contribution in [0.5, 0.6) is 17.2 Å². The van der Waals surface area contributed by atoms with Gasteiger partial charge in [-0.3, -0.25) is 9.59 Å². The molecule has 2 aliphatic heterocycles. The summed E-state index contributed by atoms with van der Waals surface area (Å²) in [6, 6.07) is 25.5. The Labute approximate surface area is 465 Å². The zero-order chi connectivity index (χ0) is 55.0. The van der Waals surface area contributed by atoms with Gasteiger partial charge in [-0.15, -0.1) is 0 Å². The Morgan fingerprint density at radius 3 is 2.49 bits per heavy atom. The van der Waals surface area contributed by atoms with Gasteiger partial charge in [0.05, 0.1) is 25.2 Å². The number of ketones is 2. The van der Waals surface area contributed by atoms with E-state index in [0.717, 1.165) is 102 Å². The number of anilines is 1. The Hall–Kier alpha value is -6.36. The number of hydrogen-bond donors (Lipinski definition) is 9. The summed E-state index contributed by atoms with van der Waals surface area (Å²) in [7, 11) is 1.49. The normalized spacial score (nSPS) is 31.7. The molecule has 5 aromatic rings. The topological polar surface area (TPSA) is 196 Å². The zero-order valence-electron chi connectivity index (χ0n) is 46.1. The standard InChI is InChI=1S/C67H80N4O8/c1-4-42-15-19-50-12-8-9-24-67(50)60-33-49(37-70-60)39(2)36-68-38-52(72)30-47-14-13-44-16-20-51(34-56(44)63(47)75)71-61-29-40(23-25-69-61)26-41-27-45-17-21-53(43-10-6-5-7-11-43)54-35-58(74)59(79-3)32-46(54)18-22-57(73)65(77)64(76)55(45)31-48(28-41)62(42)66(67)78/h5-7,10-11,13-14,16,20,23,29,32-35,37,39,41-42,45,48,50,52-53,55,62,65-66,68-72,74-75,77-78H,4,8-9,12,15,18-19,22,24-28,30-31,36,38H2,1-3H3. The van der Waals surface area contributed by atoms with E-state index in [1.807, 2.05) is 60.7 Å². The molecule has 13 unspecified atom stereocenters. The van der Waals surface area contributed by atoms with Crippen molar-refractivity contribution < 1.29 is 39.9 Å². The number of aliphatic hydroxyl groups is 3. The van der Waals surface area contributed by atoms with Crippen LogP contribution in [0.25, 0.3) is 10.8 Å². The molecule has 79 heavy (non-hydrogen) atoms. The van der Waals surface area contributed by atoms with Crippen molar-refractivity contribution in [1.29, 1.82) is 0 Å². The molecule has 3 saturated carbocycles. The molecule has 13 atom stereocenters. The average Bonchev–Trinajstić information content (AvgIpc) is 3.86. The number of aromatic hydroxyl groups is 2. The number of aliphatic hydroxyl groups excluding tert-OH is 3. The first kappa shape index (κ1) is 54.6. The number of carbonyl (C=O) groups excluding carboxylic acids is 2. The van der Waals surface area contributed by atoms with Crippen molar-refractivity contribution in [2.45, 2.75) is 139 Å². The van der Waals surface area contributed by atoms with Gasteiger partial charge in [0.15, 0.2) is 29.2 Å². The third kappa shape index (κ3) is 11.0. The van der Waals surface area contributed by atoms with Crippen molar-refractivity contribution >= 4 is 28.0 Å². The Morgan fingerprint density at radius 2 is 1.67 bits per heavy atom. The van der Waals surface area contributed by atoms with Crippen LogP contribution < -0.4 is 20.7 Å². The maximum atomic E-state index is 15.4. The van der Waals surface area contributed by atoms with E-state index < -0.39 is 53.0 Å². The first-order chi connectivity index (χ1) is 38.3. The number of aromatic nitrogens is 1. The van der Waals surface area contributed by atoms with Gasteiger partial charge in [0.2, 0.25) is 0 Å². The molecule has 12 heteroatoms. The van der Waals surface area contributed by atoms with Crippen LogP contribution in [-0.4, -0.2) is 87.1 Å². The van der Waals surface area contributed by atoms with E-state index in [4.69, 9.17) is 4.74 Å². The highest BCUT2D eigenvalue weighted by atomic mass is 16.5. The second kappa shape index (κ2) is 23.4. The number of β-amino-alcohol motifs (C(OH)–C–C–N with tert-alkyl or cyclic N) is 1. The van der Waals surface area contributed by atoms with E-state index >= 15 is 4.79 Å². The fraction of sp³-hybridized carbons (Fsp3) is 0.493. The summed E-state index contributed by atoms with van der Waals surface area (Å²) in [5.74, 6) is 5.93. The second-order valence-corrected chi connectivity index (χ2v) is 24.2. The Kier molecular flexibility index (Phi) is 16.2. The SMILES string of the molecule is CCC1CCC2CCCCC23c2cc(c[nH]2)C(C)CNCC(O)Cc2ccc4ccc(cc4c2O)NC2=CC(=CCN2)CC2CC4C#CC(c5ccccc5)c5cc(O)c(OC)cc5CCC(=O)C(O)C(=O)C4CC(C2)C1C3O. The Balaban J connectivity index is 1.06. The van der Waals surface area contributed by atoms with Crippen LogP contribution >= 0.6 is 0 Å². The molecular formula is C67H80N4O8. The van der Waals surface area contributed by atoms with Crippen LogP contribution in [0.1, 0.15) is 136 Å². The number of H-pyrrole nitrogens is 1. The Bertz CT molecular complexity index is 3170. The molecule has 1 aromatic heterocycles. The summed E-state index contributed by atoms with van der Waals surface area (Å²) in [5.41, 5.74) is 6.67.